The van der Waals surface area contributed by atoms with Gasteiger partial charge in [-0.15, -0.1) is 0 Å². The first-order chi connectivity index (χ1) is 8.83. The van der Waals surface area contributed by atoms with Crippen LogP contribution in [-0.2, 0) is 14.9 Å². The van der Waals surface area contributed by atoms with E-state index in [1.54, 1.807) is 0 Å². The smallest absolute Gasteiger partial charge is 0.316 e. The number of carbonyl (C=O) groups excluding carboxylic acids is 1. The van der Waals surface area contributed by atoms with E-state index in [4.69, 9.17) is 10.5 Å². The first-order valence-electron chi connectivity index (χ1n) is 6.87. The van der Waals surface area contributed by atoms with Crippen LogP contribution in [0.15, 0.2) is 24.3 Å². The largest absolute Gasteiger partial charge is 0.465 e. The van der Waals surface area contributed by atoms with Crippen molar-refractivity contribution < 1.29 is 9.53 Å². The molecule has 1 aromatic carbocycles. The lowest BCUT2D eigenvalue weighted by molar-refractivity contribution is -0.147. The number of nitrogen functional groups attached to an aromatic ring is 1. The molecule has 0 unspecified atom stereocenters. The molecule has 2 N–H and O–H groups in total. The van der Waals surface area contributed by atoms with Crippen LogP contribution in [0.1, 0.15) is 45.6 Å². The van der Waals surface area contributed by atoms with Gasteiger partial charge in [0, 0.05) is 5.69 Å². The Hall–Kier alpha value is -1.51. The van der Waals surface area contributed by atoms with Gasteiger partial charge < -0.3 is 10.5 Å². The van der Waals surface area contributed by atoms with Crippen molar-refractivity contribution in [1.82, 2.24) is 0 Å². The van der Waals surface area contributed by atoms with Gasteiger partial charge in [-0.3, -0.25) is 4.79 Å². The minimum atomic E-state index is -0.397. The molecule has 0 atom stereocenters. The highest BCUT2D eigenvalue weighted by Gasteiger charge is 2.52. The molecule has 3 heteroatoms. The third kappa shape index (κ3) is 3.28. The van der Waals surface area contributed by atoms with E-state index in [1.165, 1.54) is 0 Å². The minimum absolute atomic E-state index is 0.0819. The molecule has 1 aliphatic rings. The van der Waals surface area contributed by atoms with Crippen LogP contribution in [0.5, 0.6) is 0 Å². The maximum absolute atomic E-state index is 12.2. The van der Waals surface area contributed by atoms with Crippen molar-refractivity contribution in [3.8, 4) is 0 Å². The fourth-order valence-electron chi connectivity index (χ4n) is 2.13. The van der Waals surface area contributed by atoms with Crippen LogP contribution in [0.25, 0.3) is 0 Å². The fraction of sp³-hybridized carbons (Fsp3) is 0.562. The Kier molecular flexibility index (Phi) is 3.57. The van der Waals surface area contributed by atoms with E-state index >= 15 is 0 Å². The Morgan fingerprint density at radius 2 is 1.84 bits per heavy atom. The van der Waals surface area contributed by atoms with E-state index in [9.17, 15) is 4.79 Å². The van der Waals surface area contributed by atoms with Gasteiger partial charge in [-0.2, -0.15) is 0 Å². The molecule has 1 saturated carbocycles. The Balaban J connectivity index is 1.97. The molecule has 1 aromatic rings. The lowest BCUT2D eigenvalue weighted by atomic mass is 9.93. The molecule has 2 rings (SSSR count). The molecule has 0 amide bonds. The molecule has 0 bridgehead atoms. The zero-order valence-corrected chi connectivity index (χ0v) is 12.0. The first kappa shape index (κ1) is 13.9. The van der Waals surface area contributed by atoms with E-state index in [0.29, 0.717) is 6.61 Å². The number of hydrogen-bond donors (Lipinski definition) is 1. The van der Waals surface area contributed by atoms with E-state index < -0.39 is 5.41 Å². The van der Waals surface area contributed by atoms with Gasteiger partial charge in [-0.25, -0.2) is 0 Å². The van der Waals surface area contributed by atoms with E-state index in [1.807, 2.05) is 24.3 Å². The van der Waals surface area contributed by atoms with Crippen LogP contribution >= 0.6 is 0 Å². The van der Waals surface area contributed by atoms with Gasteiger partial charge in [0.25, 0.3) is 0 Å². The van der Waals surface area contributed by atoms with Crippen LogP contribution in [0.4, 0.5) is 5.69 Å². The van der Waals surface area contributed by atoms with Crippen LogP contribution in [-0.4, -0.2) is 12.6 Å². The average molecular weight is 261 g/mol. The van der Waals surface area contributed by atoms with Crippen molar-refractivity contribution in [1.29, 1.82) is 0 Å². The molecule has 1 aliphatic carbocycles. The van der Waals surface area contributed by atoms with Crippen LogP contribution in [0.3, 0.4) is 0 Å². The summed E-state index contributed by atoms with van der Waals surface area (Å²) >= 11 is 0. The molecule has 3 nitrogen and oxygen atoms in total. The SMILES string of the molecule is CC(C)(C)CCOC(=O)C1(c2ccc(N)cc2)CC1. The molecule has 19 heavy (non-hydrogen) atoms. The van der Waals surface area contributed by atoms with Gasteiger partial charge in [-0.1, -0.05) is 32.9 Å². The first-order valence-corrected chi connectivity index (χ1v) is 6.87. The molecule has 1 fully saturated rings. The third-order valence-electron chi connectivity index (χ3n) is 3.69. The Bertz CT molecular complexity index is 453. The van der Waals surface area contributed by atoms with E-state index in [2.05, 4.69) is 20.8 Å². The second-order valence-corrected chi connectivity index (χ2v) is 6.65. The van der Waals surface area contributed by atoms with Crippen molar-refractivity contribution in [3.05, 3.63) is 29.8 Å². The zero-order valence-electron chi connectivity index (χ0n) is 12.0. The van der Waals surface area contributed by atoms with Gasteiger partial charge in [-0.05, 0) is 42.4 Å². The molecule has 0 spiro atoms. The second-order valence-electron chi connectivity index (χ2n) is 6.65. The van der Waals surface area contributed by atoms with Crippen molar-refractivity contribution in [2.24, 2.45) is 5.41 Å². The number of ether oxygens (including phenoxy) is 1. The molecule has 104 valence electrons. The summed E-state index contributed by atoms with van der Waals surface area (Å²) in [6, 6.07) is 7.57. The molecule has 0 aromatic heterocycles. The lowest BCUT2D eigenvalue weighted by Gasteiger charge is -2.20. The van der Waals surface area contributed by atoms with Crippen LogP contribution < -0.4 is 5.73 Å². The molecule has 0 saturated heterocycles. The van der Waals surface area contributed by atoms with Gasteiger partial charge in [0.1, 0.15) is 0 Å². The Morgan fingerprint density at radius 3 is 2.32 bits per heavy atom. The van der Waals surface area contributed by atoms with Gasteiger partial charge >= 0.3 is 5.97 Å². The predicted octanol–water partition coefficient (Wildman–Crippen LogP) is 3.28. The van der Waals surface area contributed by atoms with Crippen molar-refractivity contribution in [2.75, 3.05) is 12.3 Å². The zero-order chi connectivity index (χ0) is 14.1. The lowest BCUT2D eigenvalue weighted by Crippen LogP contribution is -2.24. The van der Waals surface area contributed by atoms with Gasteiger partial charge in [0.15, 0.2) is 0 Å². The normalized spacial score (nSPS) is 17.0. The maximum Gasteiger partial charge on any atom is 0.316 e. The topological polar surface area (TPSA) is 52.3 Å². The summed E-state index contributed by atoms with van der Waals surface area (Å²) in [5.74, 6) is -0.0819. The Labute approximate surface area is 115 Å². The van der Waals surface area contributed by atoms with Gasteiger partial charge in [0.2, 0.25) is 0 Å². The van der Waals surface area contributed by atoms with Crippen LogP contribution in [0, 0.1) is 5.41 Å². The number of hydrogen-bond acceptors (Lipinski definition) is 3. The summed E-state index contributed by atoms with van der Waals surface area (Å²) in [6.07, 6.45) is 2.65. The van der Waals surface area contributed by atoms with Crippen molar-refractivity contribution in [3.63, 3.8) is 0 Å². The number of rotatable bonds is 4. The number of esters is 1. The molecule has 0 heterocycles. The minimum Gasteiger partial charge on any atom is -0.465 e. The quantitative estimate of drug-likeness (QED) is 0.668. The number of carbonyl (C=O) groups is 1. The van der Waals surface area contributed by atoms with Crippen molar-refractivity contribution >= 4 is 11.7 Å². The number of nitrogens with two attached hydrogens (primary N) is 1. The molecule has 0 radical (unpaired) electrons. The van der Waals surface area contributed by atoms with Crippen LogP contribution in [0.2, 0.25) is 0 Å². The number of anilines is 1. The highest BCUT2D eigenvalue weighted by atomic mass is 16.5. The summed E-state index contributed by atoms with van der Waals surface area (Å²) in [6.45, 7) is 6.94. The summed E-state index contributed by atoms with van der Waals surface area (Å²) < 4.78 is 5.46. The Morgan fingerprint density at radius 1 is 1.26 bits per heavy atom. The molecular formula is C16H23NO2. The summed E-state index contributed by atoms with van der Waals surface area (Å²) in [7, 11) is 0. The molecule has 0 aliphatic heterocycles. The van der Waals surface area contributed by atoms with Crippen molar-refractivity contribution in [2.45, 2.75) is 45.4 Å². The average Bonchev–Trinajstić information content (AvgIpc) is 3.09. The standard InChI is InChI=1S/C16H23NO2/c1-15(2,3)10-11-19-14(18)16(8-9-16)12-4-6-13(17)7-5-12/h4-7H,8-11,17H2,1-3H3. The van der Waals surface area contributed by atoms with E-state index in [0.717, 1.165) is 30.5 Å². The summed E-state index contributed by atoms with van der Waals surface area (Å²) in [5, 5.41) is 0. The molecular weight excluding hydrogens is 238 g/mol. The fourth-order valence-corrected chi connectivity index (χ4v) is 2.13. The summed E-state index contributed by atoms with van der Waals surface area (Å²) in [4.78, 5) is 12.2. The second kappa shape index (κ2) is 4.87. The van der Waals surface area contributed by atoms with Gasteiger partial charge in [0.05, 0.1) is 12.0 Å². The predicted molar refractivity (Wildman–Crippen MR) is 76.8 cm³/mol. The van der Waals surface area contributed by atoms with E-state index in [-0.39, 0.29) is 11.4 Å². The summed E-state index contributed by atoms with van der Waals surface area (Å²) in [5.41, 5.74) is 7.23. The highest BCUT2D eigenvalue weighted by Crippen LogP contribution is 2.49. The number of benzene rings is 1. The third-order valence-corrected chi connectivity index (χ3v) is 3.69. The highest BCUT2D eigenvalue weighted by molar-refractivity contribution is 5.86. The monoisotopic (exact) mass is 261 g/mol. The maximum atomic E-state index is 12.2.